The van der Waals surface area contributed by atoms with Crippen LogP contribution in [-0.4, -0.2) is 11.1 Å². The van der Waals surface area contributed by atoms with Crippen LogP contribution in [0.4, 0.5) is 11.4 Å². The summed E-state index contributed by atoms with van der Waals surface area (Å²) >= 11 is 0. The number of rotatable bonds is 6. The van der Waals surface area contributed by atoms with E-state index in [1.165, 1.54) is 6.07 Å². The Morgan fingerprint density at radius 3 is 2.32 bits per heavy atom. The van der Waals surface area contributed by atoms with E-state index in [1.54, 1.807) is 30.5 Å². The Balaban J connectivity index is 1.84. The normalized spacial score (nSPS) is 10.8. The third-order valence-electron chi connectivity index (χ3n) is 3.97. The van der Waals surface area contributed by atoms with Gasteiger partial charge in [-0.25, -0.2) is 0 Å². The van der Waals surface area contributed by atoms with E-state index in [-0.39, 0.29) is 11.3 Å². The van der Waals surface area contributed by atoms with Crippen molar-refractivity contribution in [3.63, 3.8) is 0 Å². The number of nitrogens with zero attached hydrogens (tertiary/aromatic N) is 3. The maximum absolute atomic E-state index is 11.3. The molecule has 1 N–H and O–H groups in total. The minimum atomic E-state index is -0.488. The summed E-state index contributed by atoms with van der Waals surface area (Å²) in [4.78, 5) is 10.8. The molecule has 0 bridgehead atoms. The lowest BCUT2D eigenvalue weighted by molar-refractivity contribution is -0.385. The van der Waals surface area contributed by atoms with Crippen LogP contribution in [0, 0.1) is 21.4 Å². The van der Waals surface area contributed by atoms with Crippen LogP contribution < -0.4 is 5.43 Å². The molecule has 0 radical (unpaired) electrons. The summed E-state index contributed by atoms with van der Waals surface area (Å²) in [5, 5.41) is 24.5. The fourth-order valence-electron chi connectivity index (χ4n) is 2.56. The highest BCUT2D eigenvalue weighted by Gasteiger charge is 2.12. The van der Waals surface area contributed by atoms with Crippen molar-refractivity contribution in [1.82, 2.24) is 0 Å². The summed E-state index contributed by atoms with van der Waals surface area (Å²) in [6, 6.07) is 23.5. The first-order valence-corrected chi connectivity index (χ1v) is 8.47. The van der Waals surface area contributed by atoms with Gasteiger partial charge in [0.25, 0.3) is 5.69 Å². The second-order valence-corrected chi connectivity index (χ2v) is 5.84. The molecule has 3 rings (SSSR count). The Labute approximate surface area is 162 Å². The van der Waals surface area contributed by atoms with Gasteiger partial charge in [-0.2, -0.15) is 10.4 Å². The highest BCUT2D eigenvalue weighted by atomic mass is 16.6. The second kappa shape index (κ2) is 8.92. The van der Waals surface area contributed by atoms with Crippen molar-refractivity contribution in [2.45, 2.75) is 0 Å². The monoisotopic (exact) mass is 368 g/mol. The quantitative estimate of drug-likeness (QED) is 0.284. The van der Waals surface area contributed by atoms with Crippen LogP contribution in [0.1, 0.15) is 22.3 Å². The Kier molecular flexibility index (Phi) is 5.91. The number of nitro groups is 1. The third-order valence-corrected chi connectivity index (χ3v) is 3.97. The van der Waals surface area contributed by atoms with Gasteiger partial charge in [0, 0.05) is 11.6 Å². The van der Waals surface area contributed by atoms with Gasteiger partial charge in [-0.15, -0.1) is 0 Å². The molecule has 0 aliphatic rings. The van der Waals surface area contributed by atoms with Crippen molar-refractivity contribution >= 4 is 29.7 Å². The highest BCUT2D eigenvalue weighted by molar-refractivity contribution is 5.88. The SMILES string of the molecule is N#Cc1ccc(/C=C\c2ccccc2C=NNc2ccccc2)c([N+](=O)[O-])c1. The van der Waals surface area contributed by atoms with E-state index in [2.05, 4.69) is 10.5 Å². The zero-order chi connectivity index (χ0) is 19.8. The predicted octanol–water partition coefficient (Wildman–Crippen LogP) is 5.08. The number of nitrogens with one attached hydrogen (secondary N) is 1. The molecule has 136 valence electrons. The van der Waals surface area contributed by atoms with Crippen molar-refractivity contribution in [3.05, 3.63) is 105 Å². The topological polar surface area (TPSA) is 91.3 Å². The summed E-state index contributed by atoms with van der Waals surface area (Å²) in [6.45, 7) is 0. The molecule has 0 aromatic heterocycles. The van der Waals surface area contributed by atoms with Gasteiger partial charge in [-0.1, -0.05) is 48.5 Å². The molecule has 3 aromatic rings. The van der Waals surface area contributed by atoms with Gasteiger partial charge in [-0.05, 0) is 35.9 Å². The molecule has 6 heteroatoms. The van der Waals surface area contributed by atoms with Crippen molar-refractivity contribution in [1.29, 1.82) is 5.26 Å². The Hall–Kier alpha value is -4.24. The van der Waals surface area contributed by atoms with Gasteiger partial charge < -0.3 is 0 Å². The van der Waals surface area contributed by atoms with Crippen molar-refractivity contribution in [2.24, 2.45) is 5.10 Å². The minimum absolute atomic E-state index is 0.104. The highest BCUT2D eigenvalue weighted by Crippen LogP contribution is 2.23. The van der Waals surface area contributed by atoms with Gasteiger partial charge in [0.05, 0.1) is 34.0 Å². The van der Waals surface area contributed by atoms with Gasteiger partial charge in [0.2, 0.25) is 0 Å². The average molecular weight is 368 g/mol. The number of hydrogen-bond acceptors (Lipinski definition) is 5. The van der Waals surface area contributed by atoms with Gasteiger partial charge in [-0.3, -0.25) is 15.5 Å². The number of benzene rings is 3. The van der Waals surface area contributed by atoms with E-state index in [9.17, 15) is 10.1 Å². The standard InChI is InChI=1S/C22H16N4O2/c23-15-17-10-11-19(22(14-17)26(27)28)13-12-18-6-4-5-7-20(18)16-24-25-21-8-2-1-3-9-21/h1-14,16,25H/b13-12-,24-16?. The van der Waals surface area contributed by atoms with Crippen LogP contribution in [0.15, 0.2) is 77.9 Å². The van der Waals surface area contributed by atoms with Crippen LogP contribution in [0.3, 0.4) is 0 Å². The first kappa shape index (κ1) is 18.5. The number of anilines is 1. The number of hydrogen-bond donors (Lipinski definition) is 1. The van der Waals surface area contributed by atoms with Crippen molar-refractivity contribution in [3.8, 4) is 6.07 Å². The molecule has 0 atom stereocenters. The summed E-state index contributed by atoms with van der Waals surface area (Å²) in [5.74, 6) is 0. The number of nitro benzene ring substituents is 1. The Morgan fingerprint density at radius 1 is 0.929 bits per heavy atom. The zero-order valence-electron chi connectivity index (χ0n) is 14.8. The molecular formula is C22H16N4O2. The van der Waals surface area contributed by atoms with Gasteiger partial charge in [0.1, 0.15) is 0 Å². The van der Waals surface area contributed by atoms with E-state index >= 15 is 0 Å². The lowest BCUT2D eigenvalue weighted by Gasteiger charge is -2.02. The first-order valence-electron chi connectivity index (χ1n) is 8.47. The van der Waals surface area contributed by atoms with Gasteiger partial charge in [0.15, 0.2) is 0 Å². The summed E-state index contributed by atoms with van der Waals surface area (Å²) in [7, 11) is 0. The van der Waals surface area contributed by atoms with E-state index in [4.69, 9.17) is 5.26 Å². The van der Waals surface area contributed by atoms with Crippen LogP contribution in [0.2, 0.25) is 0 Å². The Morgan fingerprint density at radius 2 is 1.61 bits per heavy atom. The summed E-state index contributed by atoms with van der Waals surface area (Å²) in [5.41, 5.74) is 6.13. The molecule has 0 amide bonds. The summed E-state index contributed by atoms with van der Waals surface area (Å²) in [6.07, 6.45) is 5.15. The van der Waals surface area contributed by atoms with E-state index < -0.39 is 4.92 Å². The average Bonchev–Trinajstić information content (AvgIpc) is 2.73. The lowest BCUT2D eigenvalue weighted by atomic mass is 10.0. The molecular weight excluding hydrogens is 352 g/mol. The molecule has 0 aliphatic carbocycles. The van der Waals surface area contributed by atoms with E-state index in [1.807, 2.05) is 60.7 Å². The molecule has 3 aromatic carbocycles. The van der Waals surface area contributed by atoms with Crippen molar-refractivity contribution < 1.29 is 4.92 Å². The van der Waals surface area contributed by atoms with Crippen LogP contribution in [0.5, 0.6) is 0 Å². The third kappa shape index (κ3) is 4.68. The number of nitriles is 1. The fourth-order valence-corrected chi connectivity index (χ4v) is 2.56. The molecule has 0 unspecified atom stereocenters. The molecule has 0 heterocycles. The molecule has 0 saturated carbocycles. The second-order valence-electron chi connectivity index (χ2n) is 5.84. The predicted molar refractivity (Wildman–Crippen MR) is 111 cm³/mol. The largest absolute Gasteiger partial charge is 0.279 e. The van der Waals surface area contributed by atoms with E-state index in [0.717, 1.165) is 16.8 Å². The zero-order valence-corrected chi connectivity index (χ0v) is 14.8. The molecule has 0 saturated heterocycles. The first-order chi connectivity index (χ1) is 13.7. The minimum Gasteiger partial charge on any atom is -0.279 e. The maximum atomic E-state index is 11.3. The number of para-hydroxylation sites is 1. The van der Waals surface area contributed by atoms with Crippen LogP contribution in [-0.2, 0) is 0 Å². The van der Waals surface area contributed by atoms with E-state index in [0.29, 0.717) is 5.56 Å². The van der Waals surface area contributed by atoms with Crippen LogP contribution in [0.25, 0.3) is 12.2 Å². The number of hydrazone groups is 1. The molecule has 0 fully saturated rings. The molecule has 28 heavy (non-hydrogen) atoms. The fraction of sp³-hybridized carbons (Fsp3) is 0. The maximum Gasteiger partial charge on any atom is 0.277 e. The molecule has 0 spiro atoms. The molecule has 0 aliphatic heterocycles. The summed E-state index contributed by atoms with van der Waals surface area (Å²) < 4.78 is 0. The van der Waals surface area contributed by atoms with Gasteiger partial charge >= 0.3 is 0 Å². The Bertz CT molecular complexity index is 1080. The smallest absolute Gasteiger partial charge is 0.277 e. The molecule has 6 nitrogen and oxygen atoms in total. The van der Waals surface area contributed by atoms with Crippen LogP contribution >= 0.6 is 0 Å². The van der Waals surface area contributed by atoms with Crippen molar-refractivity contribution in [2.75, 3.05) is 5.43 Å². The lowest BCUT2D eigenvalue weighted by Crippen LogP contribution is -1.93.